The summed E-state index contributed by atoms with van der Waals surface area (Å²) < 4.78 is 30.5. The number of nitrogens with zero attached hydrogens (tertiary/aromatic N) is 2. The summed E-state index contributed by atoms with van der Waals surface area (Å²) in [6.45, 7) is 1.85. The van der Waals surface area contributed by atoms with Crippen molar-refractivity contribution in [2.75, 3.05) is 0 Å². The average molecular weight is 188 g/mol. The monoisotopic (exact) mass is 188 g/mol. The molecule has 1 aromatic rings. The third kappa shape index (κ3) is 1.32. The molecule has 2 rings (SSSR count). The minimum absolute atomic E-state index is 0.0680. The zero-order chi connectivity index (χ0) is 9.47. The molecule has 0 radical (unpaired) electrons. The molecule has 72 valence electrons. The van der Waals surface area contributed by atoms with Crippen LogP contribution in [-0.4, -0.2) is 16.1 Å². The molecule has 0 spiro atoms. The molecule has 0 amide bonds. The van der Waals surface area contributed by atoms with Crippen molar-refractivity contribution in [1.29, 1.82) is 0 Å². The fraction of sp³-hybridized carbons (Fsp3) is 0.750. The maximum absolute atomic E-state index is 12.9. The second kappa shape index (κ2) is 2.75. The molecule has 1 unspecified atom stereocenters. The van der Waals surface area contributed by atoms with E-state index >= 15 is 0 Å². The van der Waals surface area contributed by atoms with Crippen LogP contribution in [0.25, 0.3) is 0 Å². The number of aromatic nitrogens is 2. The van der Waals surface area contributed by atoms with Crippen LogP contribution in [0.1, 0.15) is 37.4 Å². The van der Waals surface area contributed by atoms with Crippen molar-refractivity contribution in [1.82, 2.24) is 10.1 Å². The lowest BCUT2D eigenvalue weighted by Gasteiger charge is -2.33. The van der Waals surface area contributed by atoms with Gasteiger partial charge >= 0.3 is 0 Å². The number of hydrogen-bond acceptors (Lipinski definition) is 3. The van der Waals surface area contributed by atoms with Gasteiger partial charge in [-0.1, -0.05) is 12.1 Å². The van der Waals surface area contributed by atoms with Crippen LogP contribution in [0.2, 0.25) is 0 Å². The molecular weight excluding hydrogens is 178 g/mol. The van der Waals surface area contributed by atoms with E-state index in [-0.39, 0.29) is 12.3 Å². The lowest BCUT2D eigenvalue weighted by Crippen LogP contribution is -2.36. The highest BCUT2D eigenvalue weighted by Gasteiger charge is 2.52. The Kier molecular flexibility index (Phi) is 1.82. The van der Waals surface area contributed by atoms with E-state index in [0.717, 1.165) is 0 Å². The fourth-order valence-electron chi connectivity index (χ4n) is 1.36. The van der Waals surface area contributed by atoms with Crippen LogP contribution in [0.15, 0.2) is 4.52 Å². The van der Waals surface area contributed by atoms with Gasteiger partial charge in [0.15, 0.2) is 5.82 Å². The lowest BCUT2D eigenvalue weighted by molar-refractivity contribution is -0.105. The first-order valence-corrected chi connectivity index (χ1v) is 4.34. The molecule has 3 nitrogen and oxygen atoms in total. The van der Waals surface area contributed by atoms with E-state index in [0.29, 0.717) is 18.7 Å². The first-order valence-electron chi connectivity index (χ1n) is 4.34. The Morgan fingerprint density at radius 3 is 2.77 bits per heavy atom. The molecule has 1 aliphatic carbocycles. The van der Waals surface area contributed by atoms with Crippen molar-refractivity contribution >= 4 is 0 Å². The zero-order valence-corrected chi connectivity index (χ0v) is 7.26. The lowest BCUT2D eigenvalue weighted by atomic mass is 9.81. The van der Waals surface area contributed by atoms with E-state index in [4.69, 9.17) is 4.52 Å². The van der Waals surface area contributed by atoms with Gasteiger partial charge in [-0.25, -0.2) is 8.78 Å². The van der Waals surface area contributed by atoms with Gasteiger partial charge in [0.1, 0.15) is 5.92 Å². The van der Waals surface area contributed by atoms with Crippen LogP contribution in [0.4, 0.5) is 8.78 Å². The maximum Gasteiger partial charge on any atom is 0.259 e. The van der Waals surface area contributed by atoms with Crippen LogP contribution < -0.4 is 0 Å². The molecule has 0 aliphatic heterocycles. The van der Waals surface area contributed by atoms with E-state index in [2.05, 4.69) is 10.1 Å². The van der Waals surface area contributed by atoms with Crippen molar-refractivity contribution in [3.63, 3.8) is 0 Å². The molecule has 0 aromatic carbocycles. The number of halogens is 2. The summed E-state index contributed by atoms with van der Waals surface area (Å²) in [6.07, 6.45) is 0.988. The highest BCUT2D eigenvalue weighted by atomic mass is 19.3. The number of hydrogen-bond donors (Lipinski definition) is 0. The van der Waals surface area contributed by atoms with Crippen molar-refractivity contribution in [2.45, 2.75) is 38.0 Å². The Bertz CT molecular complexity index is 311. The fourth-order valence-corrected chi connectivity index (χ4v) is 1.36. The topological polar surface area (TPSA) is 38.9 Å². The van der Waals surface area contributed by atoms with E-state index in [1.165, 1.54) is 0 Å². The van der Waals surface area contributed by atoms with Gasteiger partial charge in [-0.2, -0.15) is 4.98 Å². The van der Waals surface area contributed by atoms with Gasteiger partial charge in [-0.3, -0.25) is 0 Å². The van der Waals surface area contributed by atoms with Gasteiger partial charge in [0, 0.05) is 12.8 Å². The van der Waals surface area contributed by atoms with E-state index < -0.39 is 11.8 Å². The largest absolute Gasteiger partial charge is 0.339 e. The summed E-state index contributed by atoms with van der Waals surface area (Å²) in [5, 5.41) is 3.58. The zero-order valence-electron chi connectivity index (χ0n) is 7.26. The third-order valence-electron chi connectivity index (χ3n) is 2.37. The van der Waals surface area contributed by atoms with Crippen molar-refractivity contribution < 1.29 is 13.3 Å². The van der Waals surface area contributed by atoms with Crippen LogP contribution >= 0.6 is 0 Å². The molecule has 0 saturated heterocycles. The Morgan fingerprint density at radius 1 is 1.62 bits per heavy atom. The minimum Gasteiger partial charge on any atom is -0.339 e. The molecule has 1 atom stereocenters. The molecule has 1 fully saturated rings. The smallest absolute Gasteiger partial charge is 0.259 e. The quantitative estimate of drug-likeness (QED) is 0.713. The summed E-state index contributed by atoms with van der Waals surface area (Å²) in [4.78, 5) is 3.89. The number of aryl methyl sites for hydroxylation is 1. The Labute approximate surface area is 74.1 Å². The van der Waals surface area contributed by atoms with Crippen LogP contribution in [0.5, 0.6) is 0 Å². The summed E-state index contributed by atoms with van der Waals surface area (Å²) in [7, 11) is 0. The van der Waals surface area contributed by atoms with Crippen LogP contribution in [0, 0.1) is 0 Å². The highest BCUT2D eigenvalue weighted by molar-refractivity contribution is 5.07. The Hall–Kier alpha value is -1.00. The first kappa shape index (κ1) is 8.59. The van der Waals surface area contributed by atoms with Gasteiger partial charge < -0.3 is 4.52 Å². The van der Waals surface area contributed by atoms with E-state index in [9.17, 15) is 8.78 Å². The third-order valence-corrected chi connectivity index (χ3v) is 2.37. The Balaban J connectivity index is 2.17. The SMILES string of the molecule is CCc1noc(C2CCC2(F)F)n1. The molecule has 1 saturated carbocycles. The van der Waals surface area contributed by atoms with Crippen molar-refractivity contribution in [2.24, 2.45) is 0 Å². The summed E-state index contributed by atoms with van der Waals surface area (Å²) >= 11 is 0. The van der Waals surface area contributed by atoms with E-state index in [1.54, 1.807) is 0 Å². The summed E-state index contributed by atoms with van der Waals surface area (Å²) in [6, 6.07) is 0. The van der Waals surface area contributed by atoms with Gasteiger partial charge in [0.25, 0.3) is 5.92 Å². The standard InChI is InChI=1S/C8H10F2N2O/c1-2-6-11-7(13-12-6)5-3-4-8(5,9)10/h5H,2-4H2,1H3. The second-order valence-electron chi connectivity index (χ2n) is 3.25. The van der Waals surface area contributed by atoms with Crippen molar-refractivity contribution in [3.05, 3.63) is 11.7 Å². The normalized spacial score (nSPS) is 25.6. The maximum atomic E-state index is 12.9. The van der Waals surface area contributed by atoms with E-state index in [1.807, 2.05) is 6.92 Å². The first-order chi connectivity index (χ1) is 6.13. The molecule has 1 heterocycles. The van der Waals surface area contributed by atoms with Crippen LogP contribution in [-0.2, 0) is 6.42 Å². The highest BCUT2D eigenvalue weighted by Crippen LogP contribution is 2.49. The number of alkyl halides is 2. The van der Waals surface area contributed by atoms with Gasteiger partial charge in [-0.05, 0) is 6.42 Å². The molecule has 0 N–H and O–H groups in total. The minimum atomic E-state index is -2.64. The van der Waals surface area contributed by atoms with Crippen LogP contribution in [0.3, 0.4) is 0 Å². The summed E-state index contributed by atoms with van der Waals surface area (Å²) in [5.74, 6) is -2.90. The molecule has 5 heteroatoms. The predicted molar refractivity (Wildman–Crippen MR) is 40.6 cm³/mol. The second-order valence-corrected chi connectivity index (χ2v) is 3.25. The average Bonchev–Trinajstić information content (AvgIpc) is 2.51. The molecule has 0 bridgehead atoms. The van der Waals surface area contributed by atoms with Gasteiger partial charge in [-0.15, -0.1) is 0 Å². The molecule has 1 aliphatic rings. The summed E-state index contributed by atoms with van der Waals surface area (Å²) in [5.41, 5.74) is 0. The molecule has 13 heavy (non-hydrogen) atoms. The molecular formula is C8H10F2N2O. The Morgan fingerprint density at radius 2 is 2.38 bits per heavy atom. The predicted octanol–water partition coefficient (Wildman–Crippen LogP) is 2.14. The number of rotatable bonds is 2. The van der Waals surface area contributed by atoms with Crippen molar-refractivity contribution in [3.8, 4) is 0 Å². The van der Waals surface area contributed by atoms with Gasteiger partial charge in [0.2, 0.25) is 5.89 Å². The molecule has 1 aromatic heterocycles. The van der Waals surface area contributed by atoms with Gasteiger partial charge in [0.05, 0.1) is 0 Å².